The molecule has 21 heavy (non-hydrogen) atoms. The minimum absolute atomic E-state index is 0.222. The van der Waals surface area contributed by atoms with Crippen LogP contribution in [0.15, 0.2) is 35.0 Å². The predicted molar refractivity (Wildman–Crippen MR) is 87.9 cm³/mol. The summed E-state index contributed by atoms with van der Waals surface area (Å²) in [5.41, 5.74) is 9.17. The van der Waals surface area contributed by atoms with Crippen LogP contribution >= 0.6 is 11.3 Å². The maximum Gasteiger partial charge on any atom is 0.338 e. The molecule has 0 saturated heterocycles. The van der Waals surface area contributed by atoms with Crippen LogP contribution in [0.4, 0.5) is 11.4 Å². The van der Waals surface area contributed by atoms with Crippen molar-refractivity contribution in [2.24, 2.45) is 0 Å². The number of carbonyl (C=O) groups is 1. The zero-order valence-corrected chi connectivity index (χ0v) is 13.1. The number of nitrogens with one attached hydrogen (secondary N) is 1. The maximum absolute atomic E-state index is 11.8. The first-order chi connectivity index (χ1) is 10.1. The maximum atomic E-state index is 11.8. The van der Waals surface area contributed by atoms with Crippen LogP contribution in [0.1, 0.15) is 29.8 Å². The van der Waals surface area contributed by atoms with Crippen molar-refractivity contribution in [1.29, 1.82) is 0 Å². The fourth-order valence-electron chi connectivity index (χ4n) is 2.10. The molecule has 1 aromatic heterocycles. The average molecular weight is 304 g/mol. The number of carbonyl (C=O) groups excluding carboxylic acids is 1. The van der Waals surface area contributed by atoms with Crippen LogP contribution in [0.25, 0.3) is 0 Å². The quantitative estimate of drug-likeness (QED) is 0.633. The van der Waals surface area contributed by atoms with Gasteiger partial charge in [-0.1, -0.05) is 0 Å². The van der Waals surface area contributed by atoms with Gasteiger partial charge in [-0.3, -0.25) is 0 Å². The molecule has 0 radical (unpaired) electrons. The van der Waals surface area contributed by atoms with Crippen molar-refractivity contribution < 1.29 is 9.53 Å². The second-order valence-corrected chi connectivity index (χ2v) is 5.68. The van der Waals surface area contributed by atoms with E-state index in [-0.39, 0.29) is 12.0 Å². The summed E-state index contributed by atoms with van der Waals surface area (Å²) < 4.78 is 5.01. The molecule has 0 saturated carbocycles. The number of hydrogen-bond acceptors (Lipinski definition) is 5. The van der Waals surface area contributed by atoms with Crippen molar-refractivity contribution in [1.82, 2.24) is 0 Å². The summed E-state index contributed by atoms with van der Waals surface area (Å²) in [6.45, 7) is 4.24. The standard InChI is InChI=1S/C16H20N2O2S/c1-3-20-16(19)13-4-5-14(17)15(9-13)18-11(2)8-12-6-7-21-10-12/h4-7,9-11,18H,3,8,17H2,1-2H3. The number of hydrogen-bond donors (Lipinski definition) is 2. The van der Waals surface area contributed by atoms with E-state index in [1.54, 1.807) is 36.5 Å². The van der Waals surface area contributed by atoms with E-state index >= 15 is 0 Å². The first kappa shape index (κ1) is 15.4. The summed E-state index contributed by atoms with van der Waals surface area (Å²) in [4.78, 5) is 11.8. The van der Waals surface area contributed by atoms with Gasteiger partial charge in [-0.2, -0.15) is 11.3 Å². The second-order valence-electron chi connectivity index (χ2n) is 4.90. The largest absolute Gasteiger partial charge is 0.462 e. The number of rotatable bonds is 6. The van der Waals surface area contributed by atoms with Crippen molar-refractivity contribution in [3.63, 3.8) is 0 Å². The predicted octanol–water partition coefficient (Wildman–Crippen LogP) is 3.55. The molecule has 0 bridgehead atoms. The van der Waals surface area contributed by atoms with Crippen LogP contribution in [0.5, 0.6) is 0 Å². The Morgan fingerprint density at radius 2 is 2.24 bits per heavy atom. The highest BCUT2D eigenvalue weighted by Crippen LogP contribution is 2.22. The summed E-state index contributed by atoms with van der Waals surface area (Å²) in [5.74, 6) is -0.328. The molecule has 0 aliphatic rings. The van der Waals surface area contributed by atoms with Gasteiger partial charge >= 0.3 is 5.97 Å². The van der Waals surface area contributed by atoms with Gasteiger partial charge in [0.2, 0.25) is 0 Å². The zero-order valence-electron chi connectivity index (χ0n) is 12.3. The summed E-state index contributed by atoms with van der Waals surface area (Å²) >= 11 is 1.69. The van der Waals surface area contributed by atoms with Gasteiger partial charge in [-0.15, -0.1) is 0 Å². The minimum atomic E-state index is -0.328. The Labute approximate surface area is 128 Å². The van der Waals surface area contributed by atoms with Crippen molar-refractivity contribution >= 4 is 28.7 Å². The molecule has 112 valence electrons. The SMILES string of the molecule is CCOC(=O)c1ccc(N)c(NC(C)Cc2ccsc2)c1. The topological polar surface area (TPSA) is 64.3 Å². The molecule has 0 aliphatic carbocycles. The number of esters is 1. The average Bonchev–Trinajstić information content (AvgIpc) is 2.94. The lowest BCUT2D eigenvalue weighted by atomic mass is 10.1. The van der Waals surface area contributed by atoms with Crippen molar-refractivity contribution in [2.45, 2.75) is 26.3 Å². The molecular formula is C16H20N2O2S. The van der Waals surface area contributed by atoms with Crippen LogP contribution in [-0.4, -0.2) is 18.6 Å². The molecule has 1 aromatic carbocycles. The Morgan fingerprint density at radius 1 is 1.43 bits per heavy atom. The highest BCUT2D eigenvalue weighted by molar-refractivity contribution is 7.07. The number of nitrogen functional groups attached to an aromatic ring is 1. The smallest absolute Gasteiger partial charge is 0.338 e. The van der Waals surface area contributed by atoms with E-state index < -0.39 is 0 Å². The van der Waals surface area contributed by atoms with Crippen molar-refractivity contribution in [3.05, 3.63) is 46.2 Å². The van der Waals surface area contributed by atoms with Gasteiger partial charge in [0, 0.05) is 6.04 Å². The molecule has 4 nitrogen and oxygen atoms in total. The summed E-state index contributed by atoms with van der Waals surface area (Å²) in [7, 11) is 0. The molecule has 0 aliphatic heterocycles. The zero-order chi connectivity index (χ0) is 15.2. The van der Waals surface area contributed by atoms with Crippen LogP contribution < -0.4 is 11.1 Å². The van der Waals surface area contributed by atoms with Gasteiger partial charge in [0.05, 0.1) is 23.5 Å². The Balaban J connectivity index is 2.07. The second kappa shape index (κ2) is 7.13. The Kier molecular flexibility index (Phi) is 5.22. The van der Waals surface area contributed by atoms with Gasteiger partial charge in [0.15, 0.2) is 0 Å². The normalized spacial score (nSPS) is 11.9. The monoisotopic (exact) mass is 304 g/mol. The highest BCUT2D eigenvalue weighted by atomic mass is 32.1. The lowest BCUT2D eigenvalue weighted by Crippen LogP contribution is -2.19. The third kappa shape index (κ3) is 4.23. The van der Waals surface area contributed by atoms with E-state index in [2.05, 4.69) is 29.1 Å². The van der Waals surface area contributed by atoms with Gasteiger partial charge in [-0.05, 0) is 60.9 Å². The minimum Gasteiger partial charge on any atom is -0.462 e. The van der Waals surface area contributed by atoms with Gasteiger partial charge in [-0.25, -0.2) is 4.79 Å². The Bertz CT molecular complexity index is 596. The van der Waals surface area contributed by atoms with E-state index in [9.17, 15) is 4.79 Å². The van der Waals surface area contributed by atoms with Gasteiger partial charge in [0.1, 0.15) is 0 Å². The number of benzene rings is 1. The third-order valence-corrected chi connectivity index (χ3v) is 3.82. The van der Waals surface area contributed by atoms with Gasteiger partial charge < -0.3 is 15.8 Å². The van der Waals surface area contributed by atoms with E-state index in [4.69, 9.17) is 10.5 Å². The van der Waals surface area contributed by atoms with Crippen LogP contribution in [0.2, 0.25) is 0 Å². The van der Waals surface area contributed by atoms with Crippen molar-refractivity contribution in [3.8, 4) is 0 Å². The molecule has 1 unspecified atom stereocenters. The summed E-state index contributed by atoms with van der Waals surface area (Å²) in [6, 6.07) is 7.49. The van der Waals surface area contributed by atoms with E-state index in [1.165, 1.54) is 5.56 Å². The van der Waals surface area contributed by atoms with E-state index in [0.717, 1.165) is 12.1 Å². The van der Waals surface area contributed by atoms with Crippen LogP contribution in [0.3, 0.4) is 0 Å². The fourth-order valence-corrected chi connectivity index (χ4v) is 2.78. The Morgan fingerprint density at radius 3 is 2.90 bits per heavy atom. The van der Waals surface area contributed by atoms with Crippen LogP contribution in [0, 0.1) is 0 Å². The number of thiophene rings is 1. The lowest BCUT2D eigenvalue weighted by Gasteiger charge is -2.17. The van der Waals surface area contributed by atoms with E-state index in [1.807, 2.05) is 0 Å². The number of anilines is 2. The molecule has 0 spiro atoms. The molecule has 5 heteroatoms. The molecule has 0 amide bonds. The lowest BCUT2D eigenvalue weighted by molar-refractivity contribution is 0.0526. The first-order valence-electron chi connectivity index (χ1n) is 6.94. The highest BCUT2D eigenvalue weighted by Gasteiger charge is 2.11. The van der Waals surface area contributed by atoms with Gasteiger partial charge in [0.25, 0.3) is 0 Å². The molecule has 0 fully saturated rings. The first-order valence-corrected chi connectivity index (χ1v) is 7.88. The summed E-state index contributed by atoms with van der Waals surface area (Å²) in [6.07, 6.45) is 0.909. The number of nitrogens with two attached hydrogens (primary N) is 1. The molecule has 1 atom stereocenters. The molecule has 3 N–H and O–H groups in total. The molecule has 2 aromatic rings. The fraction of sp³-hybridized carbons (Fsp3) is 0.312. The van der Waals surface area contributed by atoms with Crippen LogP contribution in [-0.2, 0) is 11.2 Å². The third-order valence-electron chi connectivity index (χ3n) is 3.09. The molecule has 1 heterocycles. The molecular weight excluding hydrogens is 284 g/mol. The molecule has 2 rings (SSSR count). The van der Waals surface area contributed by atoms with E-state index in [0.29, 0.717) is 17.9 Å². The number of ether oxygens (including phenoxy) is 1. The Hall–Kier alpha value is -2.01. The summed E-state index contributed by atoms with van der Waals surface area (Å²) in [5, 5.41) is 7.56. The van der Waals surface area contributed by atoms with Crippen molar-refractivity contribution in [2.75, 3.05) is 17.7 Å².